The van der Waals surface area contributed by atoms with Crippen LogP contribution in [0.15, 0.2) is 4.99 Å². The van der Waals surface area contributed by atoms with Crippen molar-refractivity contribution in [2.45, 2.75) is 45.6 Å². The summed E-state index contributed by atoms with van der Waals surface area (Å²) in [5.74, 6) is 6.33. The Labute approximate surface area is 86.5 Å². The molecule has 1 fully saturated rings. The van der Waals surface area contributed by atoms with Gasteiger partial charge in [0.1, 0.15) is 0 Å². The molecule has 0 saturated carbocycles. The highest BCUT2D eigenvalue weighted by Crippen LogP contribution is 2.27. The Morgan fingerprint density at radius 3 is 2.71 bits per heavy atom. The normalized spacial score (nSPS) is 21.4. The molecule has 82 valence electrons. The molecule has 3 N–H and O–H groups in total. The van der Waals surface area contributed by atoms with Gasteiger partial charge in [-0.25, -0.2) is 5.84 Å². The summed E-state index contributed by atoms with van der Waals surface area (Å²) in [6.07, 6.45) is 3.49. The summed E-state index contributed by atoms with van der Waals surface area (Å²) in [5, 5.41) is 0. The molecule has 0 unspecified atom stereocenters. The lowest BCUT2D eigenvalue weighted by molar-refractivity contribution is 0.272. The summed E-state index contributed by atoms with van der Waals surface area (Å²) in [6.45, 7) is 8.48. The predicted octanol–water partition coefficient (Wildman–Crippen LogP) is 1.09. The maximum atomic E-state index is 5.49. The van der Waals surface area contributed by atoms with Crippen molar-refractivity contribution in [3.05, 3.63) is 0 Å². The SMILES string of the molecule is CCCN=C(NN)N1CCCC1(C)C. The number of nitrogens with zero attached hydrogens (tertiary/aromatic N) is 2. The van der Waals surface area contributed by atoms with Crippen molar-refractivity contribution >= 4 is 5.96 Å². The molecule has 0 aromatic heterocycles. The van der Waals surface area contributed by atoms with Crippen molar-refractivity contribution in [3.63, 3.8) is 0 Å². The summed E-state index contributed by atoms with van der Waals surface area (Å²) in [6, 6.07) is 0. The zero-order valence-corrected chi connectivity index (χ0v) is 9.51. The van der Waals surface area contributed by atoms with Crippen LogP contribution in [0.25, 0.3) is 0 Å². The molecule has 1 aliphatic rings. The minimum absolute atomic E-state index is 0.193. The van der Waals surface area contributed by atoms with Gasteiger partial charge in [0.25, 0.3) is 0 Å². The molecule has 4 heteroatoms. The third kappa shape index (κ3) is 2.38. The summed E-state index contributed by atoms with van der Waals surface area (Å²) in [7, 11) is 0. The first kappa shape index (κ1) is 11.3. The Morgan fingerprint density at radius 1 is 1.57 bits per heavy atom. The van der Waals surface area contributed by atoms with E-state index in [0.717, 1.165) is 25.5 Å². The largest absolute Gasteiger partial charge is 0.337 e. The van der Waals surface area contributed by atoms with Crippen LogP contribution in [0.4, 0.5) is 0 Å². The standard InChI is InChI=1S/C10H22N4/c1-4-7-12-9(13-11)14-8-5-6-10(14,2)3/h4-8,11H2,1-3H3,(H,12,13). The van der Waals surface area contributed by atoms with Gasteiger partial charge in [-0.15, -0.1) is 0 Å². The molecule has 14 heavy (non-hydrogen) atoms. The first-order valence-corrected chi connectivity index (χ1v) is 5.40. The summed E-state index contributed by atoms with van der Waals surface area (Å²) < 4.78 is 0. The van der Waals surface area contributed by atoms with Gasteiger partial charge in [0.15, 0.2) is 0 Å². The van der Waals surface area contributed by atoms with E-state index in [1.54, 1.807) is 0 Å². The third-order valence-electron chi connectivity index (χ3n) is 2.77. The highest BCUT2D eigenvalue weighted by molar-refractivity contribution is 5.80. The second-order valence-electron chi connectivity index (χ2n) is 4.42. The molecule has 1 aliphatic heterocycles. The Balaban J connectivity index is 2.69. The highest BCUT2D eigenvalue weighted by Gasteiger charge is 2.33. The van der Waals surface area contributed by atoms with E-state index in [2.05, 4.69) is 36.1 Å². The average Bonchev–Trinajstić information content (AvgIpc) is 2.48. The fraction of sp³-hybridized carbons (Fsp3) is 0.900. The van der Waals surface area contributed by atoms with Crippen LogP contribution in [0.5, 0.6) is 0 Å². The second-order valence-corrected chi connectivity index (χ2v) is 4.42. The van der Waals surface area contributed by atoms with E-state index in [0.29, 0.717) is 0 Å². The number of aliphatic imine (C=N–C) groups is 1. The molecule has 1 saturated heterocycles. The van der Waals surface area contributed by atoms with Crippen LogP contribution >= 0.6 is 0 Å². The van der Waals surface area contributed by atoms with Crippen molar-refractivity contribution in [3.8, 4) is 0 Å². The van der Waals surface area contributed by atoms with Crippen LogP contribution in [-0.2, 0) is 0 Å². The molecule has 4 nitrogen and oxygen atoms in total. The van der Waals surface area contributed by atoms with E-state index in [9.17, 15) is 0 Å². The van der Waals surface area contributed by atoms with E-state index in [1.165, 1.54) is 12.8 Å². The van der Waals surface area contributed by atoms with Crippen molar-refractivity contribution in [2.24, 2.45) is 10.8 Å². The Hall–Kier alpha value is -0.770. The van der Waals surface area contributed by atoms with Gasteiger partial charge >= 0.3 is 0 Å². The van der Waals surface area contributed by atoms with Crippen molar-refractivity contribution in [2.75, 3.05) is 13.1 Å². The number of rotatable bonds is 2. The monoisotopic (exact) mass is 198 g/mol. The van der Waals surface area contributed by atoms with Crippen LogP contribution in [0, 0.1) is 0 Å². The van der Waals surface area contributed by atoms with Gasteiger partial charge in [0, 0.05) is 18.6 Å². The number of hydrogen-bond donors (Lipinski definition) is 2. The fourth-order valence-electron chi connectivity index (χ4n) is 1.93. The fourth-order valence-corrected chi connectivity index (χ4v) is 1.93. The highest BCUT2D eigenvalue weighted by atomic mass is 15.4. The molecule has 0 aromatic carbocycles. The zero-order chi connectivity index (χ0) is 10.6. The van der Waals surface area contributed by atoms with Crippen molar-refractivity contribution in [1.29, 1.82) is 0 Å². The summed E-state index contributed by atoms with van der Waals surface area (Å²) >= 11 is 0. The predicted molar refractivity (Wildman–Crippen MR) is 59.9 cm³/mol. The lowest BCUT2D eigenvalue weighted by Gasteiger charge is -2.33. The first-order valence-electron chi connectivity index (χ1n) is 5.40. The van der Waals surface area contributed by atoms with E-state index >= 15 is 0 Å². The molecule has 0 spiro atoms. The second kappa shape index (κ2) is 4.64. The first-order chi connectivity index (χ1) is 6.61. The molecule has 0 bridgehead atoms. The molecule has 0 amide bonds. The molecule has 0 aliphatic carbocycles. The molecular weight excluding hydrogens is 176 g/mol. The van der Waals surface area contributed by atoms with Crippen LogP contribution in [0.1, 0.15) is 40.0 Å². The number of guanidine groups is 1. The van der Waals surface area contributed by atoms with E-state index in [1.807, 2.05) is 0 Å². The summed E-state index contributed by atoms with van der Waals surface area (Å²) in [4.78, 5) is 6.71. The summed E-state index contributed by atoms with van der Waals surface area (Å²) in [5.41, 5.74) is 2.90. The van der Waals surface area contributed by atoms with Gasteiger partial charge in [-0.3, -0.25) is 10.4 Å². The van der Waals surface area contributed by atoms with Gasteiger partial charge in [0.2, 0.25) is 5.96 Å². The quantitative estimate of drug-likeness (QED) is 0.302. The Kier molecular flexibility index (Phi) is 3.75. The molecule has 1 heterocycles. The van der Waals surface area contributed by atoms with Gasteiger partial charge < -0.3 is 4.90 Å². The molecule has 1 rings (SSSR count). The molecule has 0 atom stereocenters. The minimum atomic E-state index is 0.193. The Bertz CT molecular complexity index is 210. The molecular formula is C10H22N4. The van der Waals surface area contributed by atoms with Gasteiger partial charge in [-0.1, -0.05) is 6.92 Å². The molecule has 0 aromatic rings. The Morgan fingerprint density at radius 2 is 2.29 bits per heavy atom. The number of nitrogens with one attached hydrogen (secondary N) is 1. The van der Waals surface area contributed by atoms with Gasteiger partial charge in [0.05, 0.1) is 0 Å². The third-order valence-corrected chi connectivity index (χ3v) is 2.77. The topological polar surface area (TPSA) is 53.6 Å². The lowest BCUT2D eigenvalue weighted by Crippen LogP contribution is -2.51. The number of hydrazine groups is 1. The lowest BCUT2D eigenvalue weighted by atomic mass is 10.0. The van der Waals surface area contributed by atoms with Gasteiger partial charge in [-0.2, -0.15) is 0 Å². The van der Waals surface area contributed by atoms with E-state index in [-0.39, 0.29) is 5.54 Å². The average molecular weight is 198 g/mol. The smallest absolute Gasteiger partial charge is 0.208 e. The number of hydrogen-bond acceptors (Lipinski definition) is 2. The maximum absolute atomic E-state index is 5.49. The van der Waals surface area contributed by atoms with E-state index in [4.69, 9.17) is 5.84 Å². The van der Waals surface area contributed by atoms with Crippen molar-refractivity contribution in [1.82, 2.24) is 10.3 Å². The number of nitrogens with two attached hydrogens (primary N) is 1. The van der Waals surface area contributed by atoms with Crippen LogP contribution in [-0.4, -0.2) is 29.5 Å². The maximum Gasteiger partial charge on any atom is 0.208 e. The minimum Gasteiger partial charge on any atom is -0.337 e. The van der Waals surface area contributed by atoms with Crippen LogP contribution in [0.2, 0.25) is 0 Å². The number of likely N-dealkylation sites (tertiary alicyclic amines) is 1. The zero-order valence-electron chi connectivity index (χ0n) is 9.51. The van der Waals surface area contributed by atoms with Crippen LogP contribution < -0.4 is 11.3 Å². The van der Waals surface area contributed by atoms with E-state index < -0.39 is 0 Å². The van der Waals surface area contributed by atoms with Crippen LogP contribution in [0.3, 0.4) is 0 Å². The van der Waals surface area contributed by atoms with Crippen molar-refractivity contribution < 1.29 is 0 Å². The van der Waals surface area contributed by atoms with Gasteiger partial charge in [-0.05, 0) is 33.1 Å². The molecule has 0 radical (unpaired) electrons.